The minimum Gasteiger partial charge on any atom is -0.306 e. The molecule has 0 aromatic rings. The second kappa shape index (κ2) is 3.26. The number of halogens is 2. The van der Waals surface area contributed by atoms with Gasteiger partial charge < -0.3 is 5.32 Å². The van der Waals surface area contributed by atoms with Crippen molar-refractivity contribution in [1.29, 1.82) is 0 Å². The third kappa shape index (κ3) is 1.45. The maximum absolute atomic E-state index is 12.3. The summed E-state index contributed by atoms with van der Waals surface area (Å²) in [5.74, 6) is 0. The molecule has 2 heterocycles. The molecule has 2 saturated heterocycles. The van der Waals surface area contributed by atoms with Gasteiger partial charge in [0, 0.05) is 19.1 Å². The Balaban J connectivity index is 1.92. The average molecular weight is 176 g/mol. The lowest BCUT2D eigenvalue weighted by molar-refractivity contribution is 0.0482. The minimum atomic E-state index is -2.22. The van der Waals surface area contributed by atoms with E-state index in [9.17, 15) is 8.78 Å². The van der Waals surface area contributed by atoms with Crippen molar-refractivity contribution in [3.63, 3.8) is 0 Å². The number of alkyl halides is 2. The lowest BCUT2D eigenvalue weighted by Crippen LogP contribution is -2.56. The molecule has 2 rings (SSSR count). The van der Waals surface area contributed by atoms with Crippen LogP contribution >= 0.6 is 0 Å². The number of rotatable bonds is 1. The van der Waals surface area contributed by atoms with Crippen molar-refractivity contribution in [2.24, 2.45) is 0 Å². The fourth-order valence-electron chi connectivity index (χ4n) is 2.14. The zero-order valence-electron chi connectivity index (χ0n) is 6.97. The van der Waals surface area contributed by atoms with Gasteiger partial charge in [0.15, 0.2) is 0 Å². The molecule has 0 bridgehead atoms. The van der Waals surface area contributed by atoms with Crippen LogP contribution in [0.5, 0.6) is 0 Å². The van der Waals surface area contributed by atoms with E-state index in [0.29, 0.717) is 12.6 Å². The molecule has 0 aliphatic carbocycles. The summed E-state index contributed by atoms with van der Waals surface area (Å²) >= 11 is 0. The SMILES string of the molecule is FC(F)C1CN2CCCC2CN1. The lowest BCUT2D eigenvalue weighted by Gasteiger charge is -2.35. The molecule has 0 amide bonds. The van der Waals surface area contributed by atoms with Crippen molar-refractivity contribution in [2.45, 2.75) is 31.4 Å². The van der Waals surface area contributed by atoms with Crippen LogP contribution in [0.15, 0.2) is 0 Å². The molecule has 70 valence electrons. The van der Waals surface area contributed by atoms with Gasteiger partial charge in [0.25, 0.3) is 6.43 Å². The van der Waals surface area contributed by atoms with Crippen LogP contribution in [0.3, 0.4) is 0 Å². The molecule has 12 heavy (non-hydrogen) atoms. The van der Waals surface area contributed by atoms with Gasteiger partial charge >= 0.3 is 0 Å². The van der Waals surface area contributed by atoms with Crippen LogP contribution in [0.2, 0.25) is 0 Å². The van der Waals surface area contributed by atoms with Crippen LogP contribution in [0.4, 0.5) is 8.78 Å². The Morgan fingerprint density at radius 2 is 2.25 bits per heavy atom. The summed E-state index contributed by atoms with van der Waals surface area (Å²) in [6.45, 7) is 2.28. The summed E-state index contributed by atoms with van der Waals surface area (Å²) in [6.07, 6.45) is 0.122. The fourth-order valence-corrected chi connectivity index (χ4v) is 2.14. The van der Waals surface area contributed by atoms with Crippen molar-refractivity contribution >= 4 is 0 Å². The highest BCUT2D eigenvalue weighted by Gasteiger charge is 2.34. The molecule has 2 aliphatic heterocycles. The Hall–Kier alpha value is -0.220. The molecule has 1 N–H and O–H groups in total. The van der Waals surface area contributed by atoms with Gasteiger partial charge in [-0.25, -0.2) is 8.78 Å². The highest BCUT2D eigenvalue weighted by molar-refractivity contribution is 4.90. The molecule has 0 spiro atoms. The molecule has 0 saturated carbocycles. The molecule has 2 unspecified atom stereocenters. The second-order valence-electron chi connectivity index (χ2n) is 3.64. The van der Waals surface area contributed by atoms with Crippen LogP contribution in [0.1, 0.15) is 12.8 Å². The first kappa shape index (κ1) is 8.38. The van der Waals surface area contributed by atoms with Crippen LogP contribution < -0.4 is 5.32 Å². The second-order valence-corrected chi connectivity index (χ2v) is 3.64. The largest absolute Gasteiger partial charge is 0.306 e. The first-order chi connectivity index (χ1) is 5.77. The molecular weight excluding hydrogens is 162 g/mol. The van der Waals surface area contributed by atoms with Gasteiger partial charge in [-0.15, -0.1) is 0 Å². The average Bonchev–Trinajstić information content (AvgIpc) is 2.49. The van der Waals surface area contributed by atoms with E-state index in [2.05, 4.69) is 10.2 Å². The normalized spacial score (nSPS) is 37.2. The summed E-state index contributed by atoms with van der Waals surface area (Å²) < 4.78 is 24.6. The van der Waals surface area contributed by atoms with Crippen LogP contribution in [-0.2, 0) is 0 Å². The summed E-state index contributed by atoms with van der Waals surface area (Å²) in [4.78, 5) is 2.19. The molecule has 2 nitrogen and oxygen atoms in total. The van der Waals surface area contributed by atoms with Gasteiger partial charge in [-0.1, -0.05) is 0 Å². The van der Waals surface area contributed by atoms with E-state index in [0.717, 1.165) is 13.1 Å². The minimum absolute atomic E-state index is 0.528. The highest BCUT2D eigenvalue weighted by atomic mass is 19.3. The quantitative estimate of drug-likeness (QED) is 0.632. The third-order valence-corrected chi connectivity index (χ3v) is 2.85. The van der Waals surface area contributed by atoms with Crippen molar-refractivity contribution in [2.75, 3.05) is 19.6 Å². The lowest BCUT2D eigenvalue weighted by atomic mass is 10.1. The molecule has 4 heteroatoms. The smallest absolute Gasteiger partial charge is 0.254 e. The molecular formula is C8H14F2N2. The van der Waals surface area contributed by atoms with Crippen molar-refractivity contribution in [3.8, 4) is 0 Å². The van der Waals surface area contributed by atoms with Crippen LogP contribution in [0, 0.1) is 0 Å². The maximum Gasteiger partial charge on any atom is 0.254 e. The van der Waals surface area contributed by atoms with Crippen molar-refractivity contribution in [3.05, 3.63) is 0 Å². The zero-order valence-corrected chi connectivity index (χ0v) is 6.97. The standard InChI is InChI=1S/C8H14F2N2/c9-8(10)7-5-12-3-1-2-6(12)4-11-7/h6-8,11H,1-5H2. The topological polar surface area (TPSA) is 15.3 Å². The Kier molecular flexibility index (Phi) is 2.28. The number of nitrogens with zero attached hydrogens (tertiary/aromatic N) is 1. The van der Waals surface area contributed by atoms with E-state index in [-0.39, 0.29) is 0 Å². The molecule has 2 fully saturated rings. The predicted octanol–water partition coefficient (Wildman–Crippen LogP) is 0.688. The molecule has 2 aliphatic rings. The summed E-state index contributed by atoms with van der Waals surface area (Å²) in [6, 6.07) is -0.0700. The number of fused-ring (bicyclic) bond motifs is 1. The van der Waals surface area contributed by atoms with Crippen LogP contribution in [-0.4, -0.2) is 43.0 Å². The van der Waals surface area contributed by atoms with Gasteiger partial charge in [-0.2, -0.15) is 0 Å². The summed E-state index contributed by atoms with van der Waals surface area (Å²) in [5, 5.41) is 2.90. The number of hydrogen-bond acceptors (Lipinski definition) is 2. The van der Waals surface area contributed by atoms with Gasteiger partial charge in [0.05, 0.1) is 6.04 Å². The predicted molar refractivity (Wildman–Crippen MR) is 42.4 cm³/mol. The fraction of sp³-hybridized carbons (Fsp3) is 1.00. The van der Waals surface area contributed by atoms with Gasteiger partial charge in [-0.3, -0.25) is 4.90 Å². The first-order valence-electron chi connectivity index (χ1n) is 4.53. The van der Waals surface area contributed by atoms with Gasteiger partial charge in [0.1, 0.15) is 0 Å². The maximum atomic E-state index is 12.3. The molecule has 0 radical (unpaired) electrons. The summed E-state index contributed by atoms with van der Waals surface area (Å²) in [7, 11) is 0. The zero-order chi connectivity index (χ0) is 8.55. The Bertz CT molecular complexity index is 163. The molecule has 0 aromatic heterocycles. The monoisotopic (exact) mass is 176 g/mol. The molecule has 2 atom stereocenters. The number of nitrogens with one attached hydrogen (secondary N) is 1. The Labute approximate surface area is 70.9 Å². The van der Waals surface area contributed by atoms with Crippen molar-refractivity contribution < 1.29 is 8.78 Å². The van der Waals surface area contributed by atoms with Crippen molar-refractivity contribution in [1.82, 2.24) is 10.2 Å². The van der Waals surface area contributed by atoms with E-state index >= 15 is 0 Å². The summed E-state index contributed by atoms with van der Waals surface area (Å²) in [5.41, 5.74) is 0. The van der Waals surface area contributed by atoms with E-state index in [1.807, 2.05) is 0 Å². The number of hydrogen-bond donors (Lipinski definition) is 1. The Morgan fingerprint density at radius 1 is 1.42 bits per heavy atom. The Morgan fingerprint density at radius 3 is 3.00 bits per heavy atom. The van der Waals surface area contributed by atoms with Gasteiger partial charge in [0.2, 0.25) is 0 Å². The van der Waals surface area contributed by atoms with E-state index in [1.54, 1.807) is 0 Å². The highest BCUT2D eigenvalue weighted by Crippen LogP contribution is 2.21. The van der Waals surface area contributed by atoms with E-state index in [1.165, 1.54) is 12.8 Å². The number of piperazine rings is 1. The first-order valence-corrected chi connectivity index (χ1v) is 4.53. The van der Waals surface area contributed by atoms with Gasteiger partial charge in [-0.05, 0) is 19.4 Å². The molecule has 0 aromatic carbocycles. The van der Waals surface area contributed by atoms with E-state index in [4.69, 9.17) is 0 Å². The van der Waals surface area contributed by atoms with E-state index < -0.39 is 12.5 Å². The van der Waals surface area contributed by atoms with Crippen LogP contribution in [0.25, 0.3) is 0 Å². The third-order valence-electron chi connectivity index (χ3n) is 2.85.